The minimum absolute atomic E-state index is 0.0117. The molecule has 0 aliphatic heterocycles. The Kier molecular flexibility index (Phi) is 3.98. The van der Waals surface area contributed by atoms with Crippen molar-refractivity contribution in [2.75, 3.05) is 4.72 Å². The fraction of sp³-hybridized carbons (Fsp3) is 0.0909. The lowest BCUT2D eigenvalue weighted by molar-refractivity contribution is 0.0697. The molecule has 0 saturated carbocycles. The van der Waals surface area contributed by atoms with E-state index in [2.05, 4.69) is 9.71 Å². The first-order valence-electron chi connectivity index (χ1n) is 5.28. The van der Waals surface area contributed by atoms with Crippen molar-refractivity contribution in [3.05, 3.63) is 40.0 Å². The summed E-state index contributed by atoms with van der Waals surface area (Å²) in [5.74, 6) is -1.17. The maximum absolute atomic E-state index is 12.1. The minimum Gasteiger partial charge on any atom is -0.478 e. The molecule has 0 radical (unpaired) electrons. The van der Waals surface area contributed by atoms with Gasteiger partial charge in [-0.05, 0) is 25.1 Å². The average molecular weight is 333 g/mol. The number of sulfonamides is 1. The van der Waals surface area contributed by atoms with Crippen LogP contribution in [-0.2, 0) is 10.0 Å². The molecule has 1 aromatic heterocycles. The summed E-state index contributed by atoms with van der Waals surface area (Å²) in [6.07, 6.45) is 1.23. The first-order chi connectivity index (χ1) is 9.29. The lowest BCUT2D eigenvalue weighted by Crippen LogP contribution is -2.12. The first kappa shape index (κ1) is 14.8. The lowest BCUT2D eigenvalue weighted by Gasteiger charge is -2.08. The van der Waals surface area contributed by atoms with Gasteiger partial charge in [0, 0.05) is 0 Å². The average Bonchev–Trinajstić information content (AvgIpc) is 2.79. The van der Waals surface area contributed by atoms with E-state index in [0.717, 1.165) is 17.4 Å². The van der Waals surface area contributed by atoms with Gasteiger partial charge in [0.25, 0.3) is 10.0 Å². The number of nitrogens with zero attached hydrogens (tertiary/aromatic N) is 1. The number of aryl methyl sites for hydroxylation is 1. The van der Waals surface area contributed by atoms with E-state index in [0.29, 0.717) is 5.01 Å². The first-order valence-corrected chi connectivity index (χ1v) is 7.95. The Morgan fingerprint density at radius 1 is 1.45 bits per heavy atom. The number of aromatic nitrogens is 1. The molecule has 20 heavy (non-hydrogen) atoms. The van der Waals surface area contributed by atoms with Gasteiger partial charge in [-0.2, -0.15) is 0 Å². The zero-order valence-electron chi connectivity index (χ0n) is 10.1. The number of hydrogen-bond donors (Lipinski definition) is 2. The fourth-order valence-corrected chi connectivity index (χ4v) is 3.80. The maximum Gasteiger partial charge on any atom is 0.335 e. The number of thiazole rings is 1. The largest absolute Gasteiger partial charge is 0.478 e. The molecule has 0 amide bonds. The molecule has 2 rings (SSSR count). The van der Waals surface area contributed by atoms with Crippen molar-refractivity contribution in [1.82, 2.24) is 4.98 Å². The van der Waals surface area contributed by atoms with Gasteiger partial charge in [-0.1, -0.05) is 11.6 Å². The fourth-order valence-electron chi connectivity index (χ4n) is 1.40. The number of halogens is 1. The molecule has 2 aromatic rings. The van der Waals surface area contributed by atoms with Gasteiger partial charge in [0.15, 0.2) is 4.21 Å². The molecule has 0 unspecified atom stereocenters. The highest BCUT2D eigenvalue weighted by Crippen LogP contribution is 2.27. The summed E-state index contributed by atoms with van der Waals surface area (Å²) in [7, 11) is -3.83. The Bertz CT molecular complexity index is 770. The summed E-state index contributed by atoms with van der Waals surface area (Å²) in [5, 5.41) is 9.61. The van der Waals surface area contributed by atoms with E-state index < -0.39 is 16.0 Å². The topological polar surface area (TPSA) is 96.4 Å². The molecule has 0 spiro atoms. The molecule has 0 aliphatic carbocycles. The molecule has 6 nitrogen and oxygen atoms in total. The van der Waals surface area contributed by atoms with Gasteiger partial charge >= 0.3 is 5.97 Å². The molecule has 0 aliphatic rings. The normalized spacial score (nSPS) is 11.3. The molecule has 1 heterocycles. The van der Waals surface area contributed by atoms with E-state index in [-0.39, 0.29) is 20.5 Å². The number of aromatic carboxylic acids is 1. The Balaban J connectivity index is 2.39. The number of anilines is 1. The van der Waals surface area contributed by atoms with Crippen LogP contribution in [0.1, 0.15) is 15.4 Å². The van der Waals surface area contributed by atoms with Crippen molar-refractivity contribution < 1.29 is 18.3 Å². The van der Waals surface area contributed by atoms with Crippen molar-refractivity contribution in [3.8, 4) is 0 Å². The number of nitrogens with one attached hydrogen (secondary N) is 1. The molecular weight excluding hydrogens is 324 g/mol. The highest BCUT2D eigenvalue weighted by Gasteiger charge is 2.19. The second-order valence-corrected chi connectivity index (χ2v) is 7.35. The summed E-state index contributed by atoms with van der Waals surface area (Å²) in [5.41, 5.74) is -0.0507. The van der Waals surface area contributed by atoms with Gasteiger partial charge < -0.3 is 5.11 Å². The maximum atomic E-state index is 12.1. The zero-order valence-corrected chi connectivity index (χ0v) is 12.5. The van der Waals surface area contributed by atoms with Crippen molar-refractivity contribution in [3.63, 3.8) is 0 Å². The van der Waals surface area contributed by atoms with E-state index in [4.69, 9.17) is 16.7 Å². The van der Waals surface area contributed by atoms with Crippen molar-refractivity contribution >= 4 is 44.6 Å². The quantitative estimate of drug-likeness (QED) is 0.897. The van der Waals surface area contributed by atoms with Crippen LogP contribution >= 0.6 is 22.9 Å². The van der Waals surface area contributed by atoms with Crippen molar-refractivity contribution in [2.24, 2.45) is 0 Å². The van der Waals surface area contributed by atoms with Gasteiger partial charge in [-0.15, -0.1) is 11.3 Å². The Morgan fingerprint density at radius 2 is 2.15 bits per heavy atom. The summed E-state index contributed by atoms with van der Waals surface area (Å²) < 4.78 is 26.5. The molecule has 0 saturated heterocycles. The lowest BCUT2D eigenvalue weighted by atomic mass is 10.2. The van der Waals surface area contributed by atoms with Crippen LogP contribution in [0.25, 0.3) is 0 Å². The van der Waals surface area contributed by atoms with Gasteiger partial charge in [0.1, 0.15) is 0 Å². The van der Waals surface area contributed by atoms with Crippen LogP contribution in [0.4, 0.5) is 5.69 Å². The van der Waals surface area contributed by atoms with Crippen molar-refractivity contribution in [2.45, 2.75) is 11.1 Å². The van der Waals surface area contributed by atoms with Crippen LogP contribution in [0.5, 0.6) is 0 Å². The second-order valence-electron chi connectivity index (χ2n) is 3.80. The number of carbonyl (C=O) groups is 1. The Labute approximate surface area is 124 Å². The van der Waals surface area contributed by atoms with E-state index in [9.17, 15) is 13.2 Å². The third-order valence-corrected chi connectivity index (χ3v) is 5.39. The van der Waals surface area contributed by atoms with Crippen LogP contribution in [0.15, 0.2) is 28.6 Å². The van der Waals surface area contributed by atoms with Crippen LogP contribution in [0, 0.1) is 6.92 Å². The van der Waals surface area contributed by atoms with Crippen molar-refractivity contribution in [1.29, 1.82) is 0 Å². The SMILES string of the molecule is Cc1ncc(S(=O)(=O)Nc2cc(C(=O)O)ccc2Cl)s1. The van der Waals surface area contributed by atoms with Gasteiger partial charge in [0.05, 0.1) is 27.5 Å². The predicted octanol–water partition coefficient (Wildman–Crippen LogP) is 2.60. The zero-order chi connectivity index (χ0) is 14.9. The number of benzene rings is 1. The molecule has 0 atom stereocenters. The summed E-state index contributed by atoms with van der Waals surface area (Å²) in [4.78, 5) is 14.7. The molecule has 9 heteroatoms. The summed E-state index contributed by atoms with van der Waals surface area (Å²) in [6.45, 7) is 1.68. The second kappa shape index (κ2) is 5.39. The smallest absolute Gasteiger partial charge is 0.335 e. The molecule has 1 aromatic carbocycles. The molecule has 106 valence electrons. The van der Waals surface area contributed by atoms with E-state index in [1.54, 1.807) is 6.92 Å². The van der Waals surface area contributed by atoms with Crippen LogP contribution in [-0.4, -0.2) is 24.5 Å². The standard InChI is InChI=1S/C11H9ClN2O4S2/c1-6-13-5-10(19-6)20(17,18)14-9-4-7(11(15)16)2-3-8(9)12/h2-5,14H,1H3,(H,15,16). The number of hydrogen-bond acceptors (Lipinski definition) is 5. The monoisotopic (exact) mass is 332 g/mol. The Morgan fingerprint density at radius 3 is 2.70 bits per heavy atom. The minimum atomic E-state index is -3.83. The van der Waals surface area contributed by atoms with E-state index >= 15 is 0 Å². The predicted molar refractivity (Wildman–Crippen MR) is 76.1 cm³/mol. The third kappa shape index (κ3) is 3.09. The molecular formula is C11H9ClN2O4S2. The van der Waals surface area contributed by atoms with Crippen LogP contribution < -0.4 is 4.72 Å². The summed E-state index contributed by atoms with van der Waals surface area (Å²) >= 11 is 6.88. The molecule has 0 fully saturated rings. The van der Waals surface area contributed by atoms with Crippen LogP contribution in [0.2, 0.25) is 5.02 Å². The number of rotatable bonds is 4. The highest BCUT2D eigenvalue weighted by molar-refractivity contribution is 7.94. The van der Waals surface area contributed by atoms with Gasteiger partial charge in [0.2, 0.25) is 0 Å². The summed E-state index contributed by atoms with van der Waals surface area (Å²) in [6, 6.07) is 3.77. The van der Waals surface area contributed by atoms with Crippen LogP contribution in [0.3, 0.4) is 0 Å². The highest BCUT2D eigenvalue weighted by atomic mass is 35.5. The number of carboxylic acid groups (broad SMARTS) is 1. The van der Waals surface area contributed by atoms with E-state index in [1.165, 1.54) is 18.3 Å². The van der Waals surface area contributed by atoms with Gasteiger partial charge in [-0.3, -0.25) is 4.72 Å². The Hall–Kier alpha value is -1.64. The molecule has 2 N–H and O–H groups in total. The van der Waals surface area contributed by atoms with Gasteiger partial charge in [-0.25, -0.2) is 18.2 Å². The van der Waals surface area contributed by atoms with E-state index in [1.807, 2.05) is 0 Å². The third-order valence-electron chi connectivity index (χ3n) is 2.32. The number of carboxylic acids is 1. The molecule has 0 bridgehead atoms.